The number of hydrogen-bond donors (Lipinski definition) is 0. The van der Waals surface area contributed by atoms with Crippen molar-refractivity contribution >= 4 is 17.7 Å². The zero-order valence-electron chi connectivity index (χ0n) is 15.7. The molecule has 0 saturated carbocycles. The molecule has 1 fully saturated rings. The molecule has 1 saturated heterocycles. The van der Waals surface area contributed by atoms with Gasteiger partial charge in [0.25, 0.3) is 0 Å². The van der Waals surface area contributed by atoms with Crippen LogP contribution in [-0.2, 0) is 4.79 Å². The number of Topliss-reactive ketones (excluding diaryl/α,β-unsaturated/α-hetero) is 1. The highest BCUT2D eigenvalue weighted by Gasteiger charge is 2.24. The van der Waals surface area contributed by atoms with Gasteiger partial charge in [0.15, 0.2) is 17.3 Å². The largest absolute Gasteiger partial charge is 0.486 e. The van der Waals surface area contributed by atoms with Crippen LogP contribution in [0.4, 0.5) is 6.01 Å². The molecule has 1 amide bonds. The number of benzene rings is 1. The predicted molar refractivity (Wildman–Crippen MR) is 98.8 cm³/mol. The van der Waals surface area contributed by atoms with Gasteiger partial charge in [0.1, 0.15) is 13.2 Å². The first-order valence-electron chi connectivity index (χ1n) is 9.36. The van der Waals surface area contributed by atoms with Crippen LogP contribution in [0, 0.1) is 6.92 Å². The summed E-state index contributed by atoms with van der Waals surface area (Å²) in [5.74, 6) is 1.65. The molecule has 9 heteroatoms. The van der Waals surface area contributed by atoms with Crippen LogP contribution in [0.25, 0.3) is 0 Å². The number of piperazine rings is 1. The molecule has 4 rings (SSSR count). The smallest absolute Gasteiger partial charge is 0.318 e. The van der Waals surface area contributed by atoms with Gasteiger partial charge in [-0.1, -0.05) is 5.10 Å². The van der Waals surface area contributed by atoms with Crippen LogP contribution in [-0.4, -0.2) is 66.2 Å². The minimum absolute atomic E-state index is 0.0211. The second kappa shape index (κ2) is 7.87. The third-order valence-corrected chi connectivity index (χ3v) is 4.85. The van der Waals surface area contributed by atoms with Gasteiger partial charge in [-0.25, -0.2) is 0 Å². The topological polar surface area (TPSA) is 98.0 Å². The molecule has 2 aliphatic heterocycles. The quantitative estimate of drug-likeness (QED) is 0.713. The lowest BCUT2D eigenvalue weighted by Gasteiger charge is -2.33. The van der Waals surface area contributed by atoms with E-state index in [0.717, 1.165) is 0 Å². The van der Waals surface area contributed by atoms with Crippen LogP contribution in [0.2, 0.25) is 0 Å². The Morgan fingerprint density at radius 1 is 1.00 bits per heavy atom. The van der Waals surface area contributed by atoms with E-state index < -0.39 is 0 Å². The van der Waals surface area contributed by atoms with Crippen molar-refractivity contribution in [3.8, 4) is 11.5 Å². The van der Waals surface area contributed by atoms with Gasteiger partial charge >= 0.3 is 6.01 Å². The van der Waals surface area contributed by atoms with Crippen molar-refractivity contribution < 1.29 is 23.5 Å². The summed E-state index contributed by atoms with van der Waals surface area (Å²) in [6.45, 7) is 5.12. The Balaban J connectivity index is 1.27. The second-order valence-corrected chi connectivity index (χ2v) is 6.75. The summed E-state index contributed by atoms with van der Waals surface area (Å²) in [5.41, 5.74) is 0.536. The molecule has 0 bridgehead atoms. The summed E-state index contributed by atoms with van der Waals surface area (Å²) in [5, 5.41) is 7.83. The molecule has 0 atom stereocenters. The molecule has 0 N–H and O–H groups in total. The average molecular weight is 386 g/mol. The van der Waals surface area contributed by atoms with Gasteiger partial charge in [0, 0.05) is 51.5 Å². The van der Waals surface area contributed by atoms with Crippen molar-refractivity contribution in [3.63, 3.8) is 0 Å². The summed E-state index contributed by atoms with van der Waals surface area (Å²) in [4.78, 5) is 28.7. The molecular formula is C19H22N4O5. The van der Waals surface area contributed by atoms with E-state index in [1.165, 1.54) is 0 Å². The lowest BCUT2D eigenvalue weighted by atomic mass is 10.1. The zero-order valence-corrected chi connectivity index (χ0v) is 15.7. The summed E-state index contributed by atoms with van der Waals surface area (Å²) in [6.07, 6.45) is 0.356. The lowest BCUT2D eigenvalue weighted by Crippen LogP contribution is -2.49. The molecule has 1 aromatic carbocycles. The van der Waals surface area contributed by atoms with Crippen molar-refractivity contribution in [1.29, 1.82) is 0 Å². The maximum atomic E-state index is 12.5. The number of aromatic nitrogens is 2. The van der Waals surface area contributed by atoms with E-state index in [1.54, 1.807) is 30.0 Å². The van der Waals surface area contributed by atoms with E-state index in [0.29, 0.717) is 68.4 Å². The minimum Gasteiger partial charge on any atom is -0.486 e. The highest BCUT2D eigenvalue weighted by Crippen LogP contribution is 2.31. The molecule has 0 unspecified atom stereocenters. The Kier molecular flexibility index (Phi) is 5.14. The van der Waals surface area contributed by atoms with Crippen LogP contribution in [0.1, 0.15) is 29.1 Å². The molecule has 28 heavy (non-hydrogen) atoms. The number of carbonyl (C=O) groups excluding carboxylic acids is 2. The Morgan fingerprint density at radius 3 is 2.46 bits per heavy atom. The number of ether oxygens (including phenoxy) is 2. The minimum atomic E-state index is -0.0784. The van der Waals surface area contributed by atoms with Gasteiger partial charge in [-0.05, 0) is 18.2 Å². The van der Waals surface area contributed by atoms with Crippen LogP contribution in [0.5, 0.6) is 11.5 Å². The molecule has 148 valence electrons. The Morgan fingerprint density at radius 2 is 1.75 bits per heavy atom. The van der Waals surface area contributed by atoms with Gasteiger partial charge in [-0.3, -0.25) is 9.59 Å². The Hall–Kier alpha value is -3.10. The SMILES string of the molecule is Cc1nnc(N2CCN(C(=O)CCC(=O)c3ccc4c(c3)OCCO4)CC2)o1. The normalized spacial score (nSPS) is 16.2. The molecule has 0 spiro atoms. The van der Waals surface area contributed by atoms with Crippen LogP contribution >= 0.6 is 0 Å². The fourth-order valence-corrected chi connectivity index (χ4v) is 3.30. The summed E-state index contributed by atoms with van der Waals surface area (Å²) in [7, 11) is 0. The first kappa shape index (κ1) is 18.3. The Bertz CT molecular complexity index is 873. The van der Waals surface area contributed by atoms with Crippen LogP contribution in [0.3, 0.4) is 0 Å². The molecule has 9 nitrogen and oxygen atoms in total. The third-order valence-electron chi connectivity index (χ3n) is 4.85. The molecule has 2 aromatic rings. The van der Waals surface area contributed by atoms with Crippen molar-refractivity contribution in [1.82, 2.24) is 15.1 Å². The number of aryl methyl sites for hydroxylation is 1. The van der Waals surface area contributed by atoms with E-state index >= 15 is 0 Å². The number of anilines is 1. The monoisotopic (exact) mass is 386 g/mol. The molecular weight excluding hydrogens is 364 g/mol. The highest BCUT2D eigenvalue weighted by molar-refractivity contribution is 5.98. The number of amides is 1. The third kappa shape index (κ3) is 3.92. The Labute approximate surface area is 162 Å². The van der Waals surface area contributed by atoms with Crippen molar-refractivity contribution in [2.45, 2.75) is 19.8 Å². The highest BCUT2D eigenvalue weighted by atomic mass is 16.6. The zero-order chi connectivity index (χ0) is 19.5. The fraction of sp³-hybridized carbons (Fsp3) is 0.474. The maximum absolute atomic E-state index is 12.5. The molecule has 3 heterocycles. The van der Waals surface area contributed by atoms with E-state index in [2.05, 4.69) is 10.2 Å². The lowest BCUT2D eigenvalue weighted by molar-refractivity contribution is -0.131. The fourth-order valence-electron chi connectivity index (χ4n) is 3.30. The average Bonchev–Trinajstić information content (AvgIpc) is 3.17. The van der Waals surface area contributed by atoms with Gasteiger partial charge in [0.05, 0.1) is 0 Å². The van der Waals surface area contributed by atoms with E-state index in [1.807, 2.05) is 4.90 Å². The number of fused-ring (bicyclic) bond motifs is 1. The number of nitrogens with zero attached hydrogens (tertiary/aromatic N) is 4. The first-order valence-corrected chi connectivity index (χ1v) is 9.36. The summed E-state index contributed by atoms with van der Waals surface area (Å²) >= 11 is 0. The molecule has 0 aliphatic carbocycles. The van der Waals surface area contributed by atoms with Crippen molar-refractivity contribution in [2.75, 3.05) is 44.3 Å². The van der Waals surface area contributed by atoms with Crippen molar-refractivity contribution in [3.05, 3.63) is 29.7 Å². The maximum Gasteiger partial charge on any atom is 0.318 e. The predicted octanol–water partition coefficient (Wildman–Crippen LogP) is 1.46. The van der Waals surface area contributed by atoms with E-state index in [9.17, 15) is 9.59 Å². The number of hydrogen-bond acceptors (Lipinski definition) is 8. The number of carbonyl (C=O) groups is 2. The summed E-state index contributed by atoms with van der Waals surface area (Å²) in [6, 6.07) is 5.62. The molecule has 0 radical (unpaired) electrons. The summed E-state index contributed by atoms with van der Waals surface area (Å²) < 4.78 is 16.4. The van der Waals surface area contributed by atoms with Gasteiger partial charge in [0.2, 0.25) is 11.8 Å². The standard InChI is InChI=1S/C19H22N4O5/c1-13-20-21-19(28-13)23-8-6-22(7-9-23)18(25)5-3-15(24)14-2-4-16-17(12-14)27-11-10-26-16/h2,4,12H,3,5-11H2,1H3. The number of rotatable bonds is 5. The van der Waals surface area contributed by atoms with Crippen LogP contribution < -0.4 is 14.4 Å². The number of ketones is 1. The second-order valence-electron chi connectivity index (χ2n) is 6.75. The van der Waals surface area contributed by atoms with E-state index in [4.69, 9.17) is 13.9 Å². The van der Waals surface area contributed by atoms with Gasteiger partial charge in [-0.2, -0.15) is 0 Å². The van der Waals surface area contributed by atoms with E-state index in [-0.39, 0.29) is 24.5 Å². The van der Waals surface area contributed by atoms with Crippen LogP contribution in [0.15, 0.2) is 22.6 Å². The van der Waals surface area contributed by atoms with Crippen molar-refractivity contribution in [2.24, 2.45) is 0 Å². The van der Waals surface area contributed by atoms with Gasteiger partial charge < -0.3 is 23.7 Å². The molecule has 1 aromatic heterocycles. The first-order chi connectivity index (χ1) is 13.6. The molecule has 2 aliphatic rings. The van der Waals surface area contributed by atoms with Gasteiger partial charge in [-0.15, -0.1) is 5.10 Å².